The summed E-state index contributed by atoms with van der Waals surface area (Å²) >= 11 is 0. The lowest BCUT2D eigenvalue weighted by Crippen LogP contribution is -2.14. The molecule has 0 aliphatic rings. The normalized spacial score (nSPS) is 13.5. The second-order valence-electron chi connectivity index (χ2n) is 4.09. The van der Waals surface area contributed by atoms with Crippen molar-refractivity contribution >= 4 is 5.69 Å². The predicted molar refractivity (Wildman–Crippen MR) is 63.1 cm³/mol. The zero-order valence-electron chi connectivity index (χ0n) is 10.0. The molecule has 0 saturated heterocycles. The van der Waals surface area contributed by atoms with Gasteiger partial charge < -0.3 is 10.8 Å². The van der Waals surface area contributed by atoms with Gasteiger partial charge in [-0.15, -0.1) is 0 Å². The first-order valence-electron chi connectivity index (χ1n) is 5.44. The average molecular weight is 271 g/mol. The van der Waals surface area contributed by atoms with Crippen molar-refractivity contribution in [2.75, 3.05) is 5.73 Å². The summed E-state index contributed by atoms with van der Waals surface area (Å²) in [6.45, 7) is 0. The molecule has 0 fully saturated rings. The molecule has 0 saturated carbocycles. The number of rotatable bonds is 2. The van der Waals surface area contributed by atoms with Gasteiger partial charge in [0.15, 0.2) is 0 Å². The number of anilines is 1. The van der Waals surface area contributed by atoms with Gasteiger partial charge in [0.1, 0.15) is 6.10 Å². The van der Waals surface area contributed by atoms with Crippen molar-refractivity contribution in [3.63, 3.8) is 0 Å². The molecule has 1 atom stereocenters. The molecule has 1 aromatic heterocycles. The van der Waals surface area contributed by atoms with Crippen LogP contribution in [0.5, 0.6) is 0 Å². The molecular formula is C12H12F3N3O. The van der Waals surface area contributed by atoms with Gasteiger partial charge in [-0.25, -0.2) is 0 Å². The second kappa shape index (κ2) is 4.58. The van der Waals surface area contributed by atoms with Gasteiger partial charge in [0, 0.05) is 18.8 Å². The third-order valence-electron chi connectivity index (χ3n) is 2.88. The fourth-order valence-corrected chi connectivity index (χ4v) is 1.88. The van der Waals surface area contributed by atoms with Crippen molar-refractivity contribution in [1.82, 2.24) is 9.78 Å². The maximum atomic E-state index is 12.7. The molecule has 102 valence electrons. The summed E-state index contributed by atoms with van der Waals surface area (Å²) in [7, 11) is 1.59. The highest BCUT2D eigenvalue weighted by molar-refractivity contribution is 5.57. The van der Waals surface area contributed by atoms with Gasteiger partial charge in [-0.3, -0.25) is 4.68 Å². The Morgan fingerprint density at radius 1 is 1.32 bits per heavy atom. The molecule has 0 aliphatic heterocycles. The lowest BCUT2D eigenvalue weighted by Gasteiger charge is -2.17. The van der Waals surface area contributed by atoms with E-state index in [0.717, 1.165) is 6.07 Å². The zero-order valence-corrected chi connectivity index (χ0v) is 10.0. The minimum atomic E-state index is -4.55. The van der Waals surface area contributed by atoms with Crippen molar-refractivity contribution in [3.05, 3.63) is 47.3 Å². The van der Waals surface area contributed by atoms with E-state index in [4.69, 9.17) is 5.73 Å². The lowest BCUT2D eigenvalue weighted by atomic mass is 10.0. The van der Waals surface area contributed by atoms with Crippen LogP contribution in [0.3, 0.4) is 0 Å². The van der Waals surface area contributed by atoms with Crippen molar-refractivity contribution < 1.29 is 18.3 Å². The topological polar surface area (TPSA) is 64.1 Å². The molecule has 7 heteroatoms. The first kappa shape index (κ1) is 13.4. The fraction of sp³-hybridized carbons (Fsp3) is 0.250. The van der Waals surface area contributed by atoms with Crippen molar-refractivity contribution in [3.8, 4) is 0 Å². The molecular weight excluding hydrogens is 259 g/mol. The van der Waals surface area contributed by atoms with Gasteiger partial charge in [-0.2, -0.15) is 18.3 Å². The Morgan fingerprint density at radius 3 is 2.53 bits per heavy atom. The summed E-state index contributed by atoms with van der Waals surface area (Å²) in [6.07, 6.45) is -4.36. The Hall–Kier alpha value is -2.02. The van der Waals surface area contributed by atoms with Crippen LogP contribution in [0, 0.1) is 0 Å². The number of benzene rings is 1. The van der Waals surface area contributed by atoms with E-state index in [2.05, 4.69) is 5.10 Å². The van der Waals surface area contributed by atoms with Crippen LogP contribution in [0.25, 0.3) is 0 Å². The van der Waals surface area contributed by atoms with Crippen LogP contribution in [0.4, 0.5) is 18.9 Å². The van der Waals surface area contributed by atoms with E-state index in [1.807, 2.05) is 0 Å². The number of hydrogen-bond donors (Lipinski definition) is 2. The minimum absolute atomic E-state index is 0.0124. The number of nitrogen functional groups attached to an aromatic ring is 1. The Kier molecular flexibility index (Phi) is 3.23. The first-order chi connectivity index (χ1) is 8.82. The molecule has 1 heterocycles. The monoisotopic (exact) mass is 271 g/mol. The average Bonchev–Trinajstić information content (AvgIpc) is 2.73. The number of aliphatic hydroxyl groups is 1. The standard InChI is InChI=1S/C12H12F3N3O/c1-18-9(5-6-17-18)11(19)7-3-2-4-8(10(7)16)12(13,14)15/h2-6,11,19H,16H2,1H3. The van der Waals surface area contributed by atoms with E-state index in [-0.39, 0.29) is 5.56 Å². The quantitative estimate of drug-likeness (QED) is 0.822. The summed E-state index contributed by atoms with van der Waals surface area (Å²) < 4.78 is 39.6. The van der Waals surface area contributed by atoms with Crippen LogP contribution >= 0.6 is 0 Å². The lowest BCUT2D eigenvalue weighted by molar-refractivity contribution is -0.137. The number of alkyl halides is 3. The number of aromatic nitrogens is 2. The summed E-state index contributed by atoms with van der Waals surface area (Å²) in [5, 5.41) is 14.0. The smallest absolute Gasteiger partial charge is 0.398 e. The van der Waals surface area contributed by atoms with E-state index in [9.17, 15) is 18.3 Å². The highest BCUT2D eigenvalue weighted by Gasteiger charge is 2.34. The van der Waals surface area contributed by atoms with Gasteiger partial charge in [-0.05, 0) is 12.1 Å². The van der Waals surface area contributed by atoms with E-state index in [1.54, 1.807) is 7.05 Å². The Bertz CT molecular complexity index is 592. The van der Waals surface area contributed by atoms with E-state index in [0.29, 0.717) is 5.69 Å². The highest BCUT2D eigenvalue weighted by atomic mass is 19.4. The molecule has 2 rings (SSSR count). The Morgan fingerprint density at radius 2 is 2.00 bits per heavy atom. The largest absolute Gasteiger partial charge is 0.418 e. The number of para-hydroxylation sites is 1. The van der Waals surface area contributed by atoms with Crippen molar-refractivity contribution in [2.24, 2.45) is 7.05 Å². The van der Waals surface area contributed by atoms with Gasteiger partial charge >= 0.3 is 6.18 Å². The molecule has 2 aromatic rings. The molecule has 0 bridgehead atoms. The third-order valence-corrected chi connectivity index (χ3v) is 2.88. The number of aliphatic hydroxyl groups excluding tert-OH is 1. The van der Waals surface area contributed by atoms with Gasteiger partial charge in [0.05, 0.1) is 16.9 Å². The summed E-state index contributed by atoms with van der Waals surface area (Å²) in [5.41, 5.74) is 4.47. The summed E-state index contributed by atoms with van der Waals surface area (Å²) in [5.74, 6) is 0. The van der Waals surface area contributed by atoms with Crippen molar-refractivity contribution in [1.29, 1.82) is 0 Å². The Labute approximate surface area is 107 Å². The van der Waals surface area contributed by atoms with Crippen LogP contribution in [0.2, 0.25) is 0 Å². The van der Waals surface area contributed by atoms with Crippen LogP contribution in [-0.2, 0) is 13.2 Å². The van der Waals surface area contributed by atoms with Crippen LogP contribution in [0.1, 0.15) is 22.9 Å². The number of nitrogens with zero attached hydrogens (tertiary/aromatic N) is 2. The van der Waals surface area contributed by atoms with Crippen LogP contribution < -0.4 is 5.73 Å². The minimum Gasteiger partial charge on any atom is -0.398 e. The van der Waals surface area contributed by atoms with Crippen LogP contribution in [0.15, 0.2) is 30.5 Å². The van der Waals surface area contributed by atoms with Gasteiger partial charge in [0.25, 0.3) is 0 Å². The number of halogens is 3. The number of aryl methyl sites for hydroxylation is 1. The number of hydrogen-bond acceptors (Lipinski definition) is 3. The molecule has 1 unspecified atom stereocenters. The fourth-order valence-electron chi connectivity index (χ4n) is 1.88. The molecule has 0 radical (unpaired) electrons. The summed E-state index contributed by atoms with van der Waals surface area (Å²) in [6, 6.07) is 4.98. The Balaban J connectivity index is 2.50. The predicted octanol–water partition coefficient (Wildman–Crippen LogP) is 2.10. The first-order valence-corrected chi connectivity index (χ1v) is 5.44. The third kappa shape index (κ3) is 2.41. The molecule has 3 N–H and O–H groups in total. The SMILES string of the molecule is Cn1nccc1C(O)c1cccc(C(F)(F)F)c1N. The molecule has 19 heavy (non-hydrogen) atoms. The number of nitrogens with two attached hydrogens (primary N) is 1. The van der Waals surface area contributed by atoms with E-state index >= 15 is 0 Å². The van der Waals surface area contributed by atoms with E-state index in [1.165, 1.54) is 29.1 Å². The van der Waals surface area contributed by atoms with Crippen molar-refractivity contribution in [2.45, 2.75) is 12.3 Å². The van der Waals surface area contributed by atoms with Gasteiger partial charge in [0.2, 0.25) is 0 Å². The van der Waals surface area contributed by atoms with E-state index < -0.39 is 23.5 Å². The second-order valence-corrected chi connectivity index (χ2v) is 4.09. The highest BCUT2D eigenvalue weighted by Crippen LogP contribution is 2.37. The zero-order chi connectivity index (χ0) is 14.2. The molecule has 0 amide bonds. The van der Waals surface area contributed by atoms with Gasteiger partial charge in [-0.1, -0.05) is 12.1 Å². The maximum absolute atomic E-state index is 12.7. The molecule has 1 aromatic carbocycles. The molecule has 4 nitrogen and oxygen atoms in total. The molecule has 0 spiro atoms. The maximum Gasteiger partial charge on any atom is 0.418 e. The van der Waals surface area contributed by atoms with Crippen LogP contribution in [-0.4, -0.2) is 14.9 Å². The molecule has 0 aliphatic carbocycles. The summed E-state index contributed by atoms with van der Waals surface area (Å²) in [4.78, 5) is 0.